The molecule has 1 aliphatic rings. The number of benzene rings is 2. The standard InChI is InChI=1S/C22H28N2O2/c1-15(2)17-8-7-9-18(16(3)4)22(17)23-21(25)14-24-12-13-26-20-11-6-5-10-19(20)24/h5-11,15-16H,12-14H2,1-4H3,(H,23,25). The van der Waals surface area contributed by atoms with E-state index < -0.39 is 0 Å². The highest BCUT2D eigenvalue weighted by atomic mass is 16.5. The second kappa shape index (κ2) is 7.81. The second-order valence-corrected chi connectivity index (χ2v) is 7.41. The lowest BCUT2D eigenvalue weighted by atomic mass is 9.92. The Balaban J connectivity index is 1.81. The van der Waals surface area contributed by atoms with Gasteiger partial charge >= 0.3 is 0 Å². The molecule has 0 saturated carbocycles. The van der Waals surface area contributed by atoms with E-state index in [2.05, 4.69) is 56.1 Å². The Kier molecular flexibility index (Phi) is 5.50. The molecule has 1 heterocycles. The van der Waals surface area contributed by atoms with Crippen molar-refractivity contribution < 1.29 is 9.53 Å². The van der Waals surface area contributed by atoms with Gasteiger partial charge in [-0.25, -0.2) is 0 Å². The van der Waals surface area contributed by atoms with Crippen molar-refractivity contribution in [2.75, 3.05) is 29.9 Å². The molecular formula is C22H28N2O2. The number of amides is 1. The molecule has 138 valence electrons. The molecule has 1 amide bonds. The minimum atomic E-state index is 0.0108. The van der Waals surface area contributed by atoms with Crippen molar-refractivity contribution in [3.05, 3.63) is 53.6 Å². The minimum Gasteiger partial charge on any atom is -0.490 e. The van der Waals surface area contributed by atoms with E-state index in [0.29, 0.717) is 31.5 Å². The fraction of sp³-hybridized carbons (Fsp3) is 0.409. The highest BCUT2D eigenvalue weighted by molar-refractivity contribution is 5.96. The van der Waals surface area contributed by atoms with Gasteiger partial charge in [-0.15, -0.1) is 0 Å². The molecule has 3 rings (SSSR count). The molecule has 1 N–H and O–H groups in total. The number of para-hydroxylation sites is 3. The largest absolute Gasteiger partial charge is 0.490 e. The van der Waals surface area contributed by atoms with Crippen molar-refractivity contribution in [3.8, 4) is 5.75 Å². The van der Waals surface area contributed by atoms with Crippen molar-refractivity contribution in [2.45, 2.75) is 39.5 Å². The molecule has 0 radical (unpaired) electrons. The topological polar surface area (TPSA) is 41.6 Å². The van der Waals surface area contributed by atoms with Gasteiger partial charge in [0.15, 0.2) is 0 Å². The highest BCUT2D eigenvalue weighted by Gasteiger charge is 2.21. The number of anilines is 2. The molecular weight excluding hydrogens is 324 g/mol. The van der Waals surface area contributed by atoms with E-state index in [1.165, 1.54) is 11.1 Å². The van der Waals surface area contributed by atoms with Crippen molar-refractivity contribution in [1.82, 2.24) is 0 Å². The number of nitrogens with one attached hydrogen (secondary N) is 1. The Morgan fingerprint density at radius 2 is 1.69 bits per heavy atom. The summed E-state index contributed by atoms with van der Waals surface area (Å²) in [5.41, 5.74) is 4.33. The van der Waals surface area contributed by atoms with E-state index >= 15 is 0 Å². The summed E-state index contributed by atoms with van der Waals surface area (Å²) in [6, 6.07) is 14.2. The lowest BCUT2D eigenvalue weighted by Gasteiger charge is -2.31. The van der Waals surface area contributed by atoms with Crippen LogP contribution in [-0.2, 0) is 4.79 Å². The number of hydrogen-bond donors (Lipinski definition) is 1. The van der Waals surface area contributed by atoms with Gasteiger partial charge in [0.1, 0.15) is 12.4 Å². The van der Waals surface area contributed by atoms with Crippen LogP contribution in [0, 0.1) is 0 Å². The lowest BCUT2D eigenvalue weighted by Crippen LogP contribution is -2.39. The zero-order valence-corrected chi connectivity index (χ0v) is 16.1. The van der Waals surface area contributed by atoms with E-state index in [4.69, 9.17) is 4.74 Å². The number of carbonyl (C=O) groups excluding carboxylic acids is 1. The summed E-state index contributed by atoms with van der Waals surface area (Å²) >= 11 is 0. The number of rotatable bonds is 5. The molecule has 0 spiro atoms. The van der Waals surface area contributed by atoms with Crippen LogP contribution in [0.25, 0.3) is 0 Å². The van der Waals surface area contributed by atoms with Crippen LogP contribution >= 0.6 is 0 Å². The Morgan fingerprint density at radius 1 is 1.04 bits per heavy atom. The maximum atomic E-state index is 12.8. The van der Waals surface area contributed by atoms with Crippen LogP contribution in [0.5, 0.6) is 5.75 Å². The Labute approximate surface area is 156 Å². The third-order valence-corrected chi connectivity index (χ3v) is 4.80. The predicted molar refractivity (Wildman–Crippen MR) is 107 cm³/mol. The first-order chi connectivity index (χ1) is 12.5. The van der Waals surface area contributed by atoms with Crippen molar-refractivity contribution in [3.63, 3.8) is 0 Å². The van der Waals surface area contributed by atoms with E-state index in [1.54, 1.807) is 0 Å². The monoisotopic (exact) mass is 352 g/mol. The van der Waals surface area contributed by atoms with Crippen LogP contribution in [0.4, 0.5) is 11.4 Å². The zero-order chi connectivity index (χ0) is 18.7. The van der Waals surface area contributed by atoms with E-state index in [0.717, 1.165) is 17.1 Å². The quantitative estimate of drug-likeness (QED) is 0.843. The molecule has 26 heavy (non-hydrogen) atoms. The van der Waals surface area contributed by atoms with Crippen molar-refractivity contribution >= 4 is 17.3 Å². The summed E-state index contributed by atoms with van der Waals surface area (Å²) < 4.78 is 5.68. The molecule has 4 heteroatoms. The lowest BCUT2D eigenvalue weighted by molar-refractivity contribution is -0.115. The first kappa shape index (κ1) is 18.3. The average Bonchev–Trinajstić information content (AvgIpc) is 2.61. The molecule has 0 atom stereocenters. The van der Waals surface area contributed by atoms with Gasteiger partial charge in [-0.05, 0) is 35.1 Å². The maximum Gasteiger partial charge on any atom is 0.243 e. The average molecular weight is 352 g/mol. The molecule has 2 aromatic carbocycles. The van der Waals surface area contributed by atoms with E-state index in [-0.39, 0.29) is 5.91 Å². The third-order valence-electron chi connectivity index (χ3n) is 4.80. The molecule has 2 aromatic rings. The maximum absolute atomic E-state index is 12.8. The van der Waals surface area contributed by atoms with Crippen molar-refractivity contribution in [2.24, 2.45) is 0 Å². The normalized spacial score (nSPS) is 13.5. The Hall–Kier alpha value is -2.49. The van der Waals surface area contributed by atoms with Gasteiger partial charge in [0.25, 0.3) is 0 Å². The van der Waals surface area contributed by atoms with Crippen LogP contribution in [0.15, 0.2) is 42.5 Å². The summed E-state index contributed by atoms with van der Waals surface area (Å²) in [7, 11) is 0. The summed E-state index contributed by atoms with van der Waals surface area (Å²) in [6.45, 7) is 10.3. The van der Waals surface area contributed by atoms with Gasteiger partial charge in [0, 0.05) is 5.69 Å². The summed E-state index contributed by atoms with van der Waals surface area (Å²) in [5, 5.41) is 3.20. The number of carbonyl (C=O) groups is 1. The van der Waals surface area contributed by atoms with Gasteiger partial charge in [-0.2, -0.15) is 0 Å². The van der Waals surface area contributed by atoms with Gasteiger partial charge in [0.05, 0.1) is 18.8 Å². The minimum absolute atomic E-state index is 0.0108. The number of fused-ring (bicyclic) bond motifs is 1. The summed E-state index contributed by atoms with van der Waals surface area (Å²) in [4.78, 5) is 14.9. The number of nitrogens with zero attached hydrogens (tertiary/aromatic N) is 1. The second-order valence-electron chi connectivity index (χ2n) is 7.41. The van der Waals surface area contributed by atoms with Crippen LogP contribution in [-0.4, -0.2) is 25.6 Å². The molecule has 0 bridgehead atoms. The molecule has 0 unspecified atom stereocenters. The van der Waals surface area contributed by atoms with Crippen LogP contribution in [0.3, 0.4) is 0 Å². The molecule has 0 aliphatic carbocycles. The predicted octanol–water partition coefficient (Wildman–Crippen LogP) is 4.77. The van der Waals surface area contributed by atoms with Crippen molar-refractivity contribution in [1.29, 1.82) is 0 Å². The Bertz CT molecular complexity index is 757. The van der Waals surface area contributed by atoms with Gasteiger partial charge < -0.3 is 15.0 Å². The number of hydrogen-bond acceptors (Lipinski definition) is 3. The fourth-order valence-corrected chi connectivity index (χ4v) is 3.44. The first-order valence-corrected chi connectivity index (χ1v) is 9.36. The summed E-state index contributed by atoms with van der Waals surface area (Å²) in [6.07, 6.45) is 0. The van der Waals surface area contributed by atoms with Gasteiger partial charge in [-0.1, -0.05) is 58.0 Å². The zero-order valence-electron chi connectivity index (χ0n) is 16.1. The molecule has 0 aromatic heterocycles. The number of ether oxygens (including phenoxy) is 1. The van der Waals surface area contributed by atoms with E-state index in [9.17, 15) is 4.79 Å². The van der Waals surface area contributed by atoms with Gasteiger partial charge in [0.2, 0.25) is 5.91 Å². The first-order valence-electron chi connectivity index (χ1n) is 9.36. The Morgan fingerprint density at radius 3 is 2.35 bits per heavy atom. The molecule has 0 saturated heterocycles. The van der Waals surface area contributed by atoms with Crippen LogP contribution in [0.2, 0.25) is 0 Å². The van der Waals surface area contributed by atoms with E-state index in [1.807, 2.05) is 24.3 Å². The SMILES string of the molecule is CC(C)c1cccc(C(C)C)c1NC(=O)CN1CCOc2ccccc21. The molecule has 0 fully saturated rings. The fourth-order valence-electron chi connectivity index (χ4n) is 3.44. The molecule has 1 aliphatic heterocycles. The van der Waals surface area contributed by atoms with Crippen LogP contribution < -0.4 is 15.0 Å². The summed E-state index contributed by atoms with van der Waals surface area (Å²) in [5.74, 6) is 1.56. The van der Waals surface area contributed by atoms with Crippen LogP contribution in [0.1, 0.15) is 50.7 Å². The molecule has 4 nitrogen and oxygen atoms in total. The highest BCUT2D eigenvalue weighted by Crippen LogP contribution is 2.33. The third kappa shape index (κ3) is 3.85. The smallest absolute Gasteiger partial charge is 0.243 e. The van der Waals surface area contributed by atoms with Gasteiger partial charge in [-0.3, -0.25) is 4.79 Å².